The molecule has 2 N–H and O–H groups in total. The maximum Gasteiger partial charge on any atom is 0.251 e. The van der Waals surface area contributed by atoms with E-state index >= 15 is 0 Å². The second-order valence-electron chi connectivity index (χ2n) is 7.21. The number of ether oxygens (including phenoxy) is 2. The summed E-state index contributed by atoms with van der Waals surface area (Å²) in [7, 11) is 1.62. The number of likely N-dealkylation sites (tertiary alicyclic amines) is 1. The van der Waals surface area contributed by atoms with Gasteiger partial charge in [0.2, 0.25) is 0 Å². The Morgan fingerprint density at radius 1 is 1.24 bits per heavy atom. The standard InChI is InChI=1S/C22H29N3O4/c1-28-13-14-29-19-9-7-17(8-10-19)22(27)24-20-16-25(12-4-6-21(20)26)15-18-5-2-3-11-23-18/h2-3,5,7-11,20-21,26H,4,6,12-16H2,1H3,(H,24,27)/t20-,21-/m1/s1. The van der Waals surface area contributed by atoms with Gasteiger partial charge in [-0.1, -0.05) is 6.07 Å². The average molecular weight is 399 g/mol. The van der Waals surface area contributed by atoms with E-state index in [0.29, 0.717) is 44.0 Å². The summed E-state index contributed by atoms with van der Waals surface area (Å²) in [4.78, 5) is 19.3. The lowest BCUT2D eigenvalue weighted by atomic mass is 10.1. The van der Waals surface area contributed by atoms with Crippen molar-refractivity contribution in [2.75, 3.05) is 33.4 Å². The highest BCUT2D eigenvalue weighted by Gasteiger charge is 2.27. The molecule has 1 aromatic heterocycles. The quantitative estimate of drug-likeness (QED) is 0.660. The summed E-state index contributed by atoms with van der Waals surface area (Å²) in [5.41, 5.74) is 1.52. The van der Waals surface area contributed by atoms with E-state index in [9.17, 15) is 9.90 Å². The molecule has 1 amide bonds. The van der Waals surface area contributed by atoms with Gasteiger partial charge in [0.05, 0.1) is 24.4 Å². The molecule has 0 aliphatic carbocycles. The summed E-state index contributed by atoms with van der Waals surface area (Å²) in [6.45, 7) is 3.13. The van der Waals surface area contributed by atoms with Crippen molar-refractivity contribution in [2.24, 2.45) is 0 Å². The maximum absolute atomic E-state index is 12.7. The van der Waals surface area contributed by atoms with Crippen LogP contribution in [-0.4, -0.2) is 66.5 Å². The molecule has 1 aliphatic heterocycles. The van der Waals surface area contributed by atoms with Gasteiger partial charge < -0.3 is 19.9 Å². The molecule has 2 atom stereocenters. The molecular formula is C22H29N3O4. The number of aliphatic hydroxyl groups is 1. The largest absolute Gasteiger partial charge is 0.491 e. The molecule has 3 rings (SSSR count). The molecule has 1 saturated heterocycles. The summed E-state index contributed by atoms with van der Waals surface area (Å²) in [5, 5.41) is 13.5. The zero-order valence-corrected chi connectivity index (χ0v) is 16.8. The van der Waals surface area contributed by atoms with Crippen LogP contribution in [0.25, 0.3) is 0 Å². The Labute approximate surface area is 171 Å². The van der Waals surface area contributed by atoms with Crippen molar-refractivity contribution in [1.29, 1.82) is 0 Å². The van der Waals surface area contributed by atoms with E-state index in [4.69, 9.17) is 9.47 Å². The van der Waals surface area contributed by atoms with Crippen LogP contribution in [0.5, 0.6) is 5.75 Å². The number of aliphatic hydroxyl groups excluding tert-OH is 1. The summed E-state index contributed by atoms with van der Waals surface area (Å²) < 4.78 is 10.5. The van der Waals surface area contributed by atoms with E-state index in [2.05, 4.69) is 15.2 Å². The number of rotatable bonds is 8. The fourth-order valence-corrected chi connectivity index (χ4v) is 3.42. The average Bonchev–Trinajstić information content (AvgIpc) is 2.90. The number of nitrogens with zero attached hydrogens (tertiary/aromatic N) is 2. The molecule has 1 fully saturated rings. The number of pyridine rings is 1. The Morgan fingerprint density at radius 2 is 2.07 bits per heavy atom. The van der Waals surface area contributed by atoms with E-state index in [0.717, 1.165) is 18.7 Å². The van der Waals surface area contributed by atoms with Crippen molar-refractivity contribution in [2.45, 2.75) is 31.5 Å². The van der Waals surface area contributed by atoms with Crippen LogP contribution in [0.3, 0.4) is 0 Å². The van der Waals surface area contributed by atoms with Gasteiger partial charge in [-0.15, -0.1) is 0 Å². The first-order valence-corrected chi connectivity index (χ1v) is 9.98. The van der Waals surface area contributed by atoms with Crippen molar-refractivity contribution >= 4 is 5.91 Å². The molecule has 1 aromatic carbocycles. The number of carbonyl (C=O) groups excluding carboxylic acids is 1. The first kappa shape index (κ1) is 21.2. The SMILES string of the molecule is COCCOc1ccc(C(=O)N[C@@H]2CN(Cc3ccccn3)CCC[C@H]2O)cc1. The number of amides is 1. The van der Waals surface area contributed by atoms with Gasteiger partial charge in [0, 0.05) is 32.0 Å². The van der Waals surface area contributed by atoms with Crippen molar-refractivity contribution in [3.8, 4) is 5.75 Å². The molecule has 0 saturated carbocycles. The molecule has 156 valence electrons. The van der Waals surface area contributed by atoms with Gasteiger partial charge in [-0.05, 0) is 55.8 Å². The second kappa shape index (κ2) is 10.9. The predicted molar refractivity (Wildman–Crippen MR) is 110 cm³/mol. The Kier molecular flexibility index (Phi) is 7.98. The third-order valence-corrected chi connectivity index (χ3v) is 4.99. The summed E-state index contributed by atoms with van der Waals surface area (Å²) in [5.74, 6) is 0.492. The van der Waals surface area contributed by atoms with Gasteiger partial charge in [-0.3, -0.25) is 14.7 Å². The third kappa shape index (κ3) is 6.52. The Balaban J connectivity index is 1.58. The van der Waals surface area contributed by atoms with Crippen LogP contribution in [0.4, 0.5) is 0 Å². The molecular weight excluding hydrogens is 370 g/mol. The van der Waals surface area contributed by atoms with E-state index in [1.165, 1.54) is 0 Å². The summed E-state index contributed by atoms with van der Waals surface area (Å²) in [6, 6.07) is 12.5. The molecule has 1 aliphatic rings. The number of aromatic nitrogens is 1. The lowest BCUT2D eigenvalue weighted by Gasteiger charge is -2.27. The van der Waals surface area contributed by atoms with Crippen molar-refractivity contribution in [1.82, 2.24) is 15.2 Å². The predicted octanol–water partition coefficient (Wildman–Crippen LogP) is 1.86. The fraction of sp³-hybridized carbons (Fsp3) is 0.455. The van der Waals surface area contributed by atoms with E-state index in [1.54, 1.807) is 37.6 Å². The van der Waals surface area contributed by atoms with Crippen molar-refractivity contribution in [3.05, 3.63) is 59.9 Å². The highest BCUT2D eigenvalue weighted by atomic mass is 16.5. The maximum atomic E-state index is 12.7. The number of hydrogen-bond donors (Lipinski definition) is 2. The minimum atomic E-state index is -0.565. The first-order valence-electron chi connectivity index (χ1n) is 9.98. The smallest absolute Gasteiger partial charge is 0.251 e. The third-order valence-electron chi connectivity index (χ3n) is 4.99. The molecule has 7 nitrogen and oxygen atoms in total. The van der Waals surface area contributed by atoms with Crippen molar-refractivity contribution < 1.29 is 19.4 Å². The number of methoxy groups -OCH3 is 1. The molecule has 7 heteroatoms. The van der Waals surface area contributed by atoms with Gasteiger partial charge in [-0.2, -0.15) is 0 Å². The van der Waals surface area contributed by atoms with Gasteiger partial charge in [-0.25, -0.2) is 0 Å². The molecule has 0 spiro atoms. The normalized spacial score (nSPS) is 20.1. The number of carbonyl (C=O) groups is 1. The van der Waals surface area contributed by atoms with E-state index in [1.807, 2.05) is 18.2 Å². The van der Waals surface area contributed by atoms with E-state index < -0.39 is 6.10 Å². The first-order chi connectivity index (χ1) is 14.2. The van der Waals surface area contributed by atoms with Crippen LogP contribution in [0.2, 0.25) is 0 Å². The molecule has 2 aromatic rings. The number of benzene rings is 1. The molecule has 0 unspecified atom stereocenters. The zero-order chi connectivity index (χ0) is 20.5. The highest BCUT2D eigenvalue weighted by molar-refractivity contribution is 5.94. The van der Waals surface area contributed by atoms with Crippen molar-refractivity contribution in [3.63, 3.8) is 0 Å². The van der Waals surface area contributed by atoms with Gasteiger partial charge >= 0.3 is 0 Å². The van der Waals surface area contributed by atoms with Crippen LogP contribution < -0.4 is 10.1 Å². The zero-order valence-electron chi connectivity index (χ0n) is 16.8. The highest BCUT2D eigenvalue weighted by Crippen LogP contribution is 2.16. The van der Waals surface area contributed by atoms with Crippen LogP contribution in [0.1, 0.15) is 28.9 Å². The Hall–Kier alpha value is -2.48. The van der Waals surface area contributed by atoms with Gasteiger partial charge in [0.25, 0.3) is 5.91 Å². The van der Waals surface area contributed by atoms with Gasteiger partial charge in [0.1, 0.15) is 12.4 Å². The van der Waals surface area contributed by atoms with Crippen LogP contribution >= 0.6 is 0 Å². The molecule has 0 radical (unpaired) electrons. The van der Waals surface area contributed by atoms with Crippen LogP contribution in [0.15, 0.2) is 48.7 Å². The summed E-state index contributed by atoms with van der Waals surface area (Å²) >= 11 is 0. The van der Waals surface area contributed by atoms with E-state index in [-0.39, 0.29) is 11.9 Å². The lowest BCUT2D eigenvalue weighted by molar-refractivity contribution is 0.0797. The minimum absolute atomic E-state index is 0.197. The summed E-state index contributed by atoms with van der Waals surface area (Å²) in [6.07, 6.45) is 2.76. The Morgan fingerprint density at radius 3 is 2.79 bits per heavy atom. The molecule has 2 heterocycles. The number of hydrogen-bond acceptors (Lipinski definition) is 6. The molecule has 0 bridgehead atoms. The van der Waals surface area contributed by atoms with Crippen LogP contribution in [-0.2, 0) is 11.3 Å². The number of nitrogens with one attached hydrogen (secondary N) is 1. The van der Waals surface area contributed by atoms with Gasteiger partial charge in [0.15, 0.2) is 0 Å². The Bertz CT molecular complexity index is 754. The van der Waals surface area contributed by atoms with Crippen LogP contribution in [0, 0.1) is 0 Å². The minimum Gasteiger partial charge on any atom is -0.491 e. The second-order valence-corrected chi connectivity index (χ2v) is 7.21. The molecule has 29 heavy (non-hydrogen) atoms. The fourth-order valence-electron chi connectivity index (χ4n) is 3.42. The lowest BCUT2D eigenvalue weighted by Crippen LogP contribution is -2.48. The monoisotopic (exact) mass is 399 g/mol. The topological polar surface area (TPSA) is 83.9 Å².